The van der Waals surface area contributed by atoms with E-state index in [0.29, 0.717) is 25.9 Å². The summed E-state index contributed by atoms with van der Waals surface area (Å²) in [6, 6.07) is 8.01. The molecule has 1 fully saturated rings. The molecule has 2 aromatic rings. The van der Waals surface area contributed by atoms with Gasteiger partial charge in [0.05, 0.1) is 0 Å². The lowest BCUT2D eigenvalue weighted by molar-refractivity contribution is 0.0182. The van der Waals surface area contributed by atoms with E-state index in [1.807, 2.05) is 50.4 Å². The van der Waals surface area contributed by atoms with E-state index in [1.165, 1.54) is 0 Å². The molecule has 3 rings (SSSR count). The molecule has 0 aliphatic carbocycles. The highest BCUT2D eigenvalue weighted by Crippen LogP contribution is 2.30. The van der Waals surface area contributed by atoms with Gasteiger partial charge >= 0.3 is 6.09 Å². The number of benzene rings is 1. The Bertz CT molecular complexity index is 751. The Morgan fingerprint density at radius 3 is 2.50 bits per heavy atom. The zero-order chi connectivity index (χ0) is 17.3. The summed E-state index contributed by atoms with van der Waals surface area (Å²) in [7, 11) is 0. The highest BCUT2D eigenvalue weighted by Gasteiger charge is 2.31. The first kappa shape index (κ1) is 17.0. The Kier molecular flexibility index (Phi) is 4.63. The number of rotatable bonds is 2. The van der Waals surface area contributed by atoms with Crippen molar-refractivity contribution in [2.45, 2.75) is 39.2 Å². The van der Waals surface area contributed by atoms with Crippen molar-refractivity contribution in [2.24, 2.45) is 5.92 Å². The number of hydrogen-bond acceptors (Lipinski definition) is 4. The molecule has 1 aromatic carbocycles. The molecule has 1 aromatic heterocycles. The molecule has 0 spiro atoms. The lowest BCUT2D eigenvalue weighted by atomic mass is 9.89. The number of carbonyl (C=O) groups excluding carboxylic acids is 2. The minimum absolute atomic E-state index is 0.0123. The predicted octanol–water partition coefficient (Wildman–Crippen LogP) is 4.73. The standard InChI is InChI=1S/C19H23NO3S/c1-19(2,3)23-18(22)20-10-8-13(9-11-20)17(21)15-12-24-16-7-5-4-6-14(15)16/h4-7,12-13H,8-11H2,1-3H3. The van der Waals surface area contributed by atoms with Crippen LogP contribution >= 0.6 is 11.3 Å². The van der Waals surface area contributed by atoms with Gasteiger partial charge < -0.3 is 9.64 Å². The first-order valence-electron chi connectivity index (χ1n) is 8.33. The Hall–Kier alpha value is -1.88. The fourth-order valence-corrected chi connectivity index (χ4v) is 3.99. The Morgan fingerprint density at radius 2 is 1.83 bits per heavy atom. The number of carbonyl (C=O) groups is 2. The molecule has 4 nitrogen and oxygen atoms in total. The molecule has 0 unspecified atom stereocenters. The van der Waals surface area contributed by atoms with Gasteiger partial charge in [0.1, 0.15) is 5.60 Å². The predicted molar refractivity (Wildman–Crippen MR) is 96.7 cm³/mol. The largest absolute Gasteiger partial charge is 0.444 e. The maximum Gasteiger partial charge on any atom is 0.410 e. The van der Waals surface area contributed by atoms with Crippen molar-refractivity contribution in [1.29, 1.82) is 0 Å². The van der Waals surface area contributed by atoms with Crippen LogP contribution in [-0.2, 0) is 4.74 Å². The maximum absolute atomic E-state index is 12.9. The van der Waals surface area contributed by atoms with Crippen LogP contribution in [0.1, 0.15) is 44.0 Å². The van der Waals surface area contributed by atoms with Crippen molar-refractivity contribution in [3.8, 4) is 0 Å². The molecular formula is C19H23NO3S. The van der Waals surface area contributed by atoms with Crippen molar-refractivity contribution in [3.05, 3.63) is 35.2 Å². The third-order valence-electron chi connectivity index (χ3n) is 4.26. The van der Waals surface area contributed by atoms with Gasteiger partial charge in [-0.05, 0) is 39.7 Å². The Balaban J connectivity index is 1.64. The van der Waals surface area contributed by atoms with Gasteiger partial charge in [0.25, 0.3) is 0 Å². The van der Waals surface area contributed by atoms with E-state index in [9.17, 15) is 9.59 Å². The number of piperidine rings is 1. The van der Waals surface area contributed by atoms with Crippen LogP contribution in [0.3, 0.4) is 0 Å². The summed E-state index contributed by atoms with van der Waals surface area (Å²) in [5.41, 5.74) is 0.339. The van der Waals surface area contributed by atoms with Crippen molar-refractivity contribution in [1.82, 2.24) is 4.90 Å². The first-order chi connectivity index (χ1) is 11.3. The minimum Gasteiger partial charge on any atom is -0.444 e. The van der Waals surface area contributed by atoms with Gasteiger partial charge in [-0.15, -0.1) is 11.3 Å². The summed E-state index contributed by atoms with van der Waals surface area (Å²) < 4.78 is 6.55. The molecule has 0 saturated carbocycles. The molecular weight excluding hydrogens is 322 g/mol. The number of fused-ring (bicyclic) bond motifs is 1. The average Bonchev–Trinajstić information content (AvgIpc) is 2.97. The number of likely N-dealkylation sites (tertiary alicyclic amines) is 1. The van der Waals surface area contributed by atoms with Crippen LogP contribution in [0.5, 0.6) is 0 Å². The van der Waals surface area contributed by atoms with Gasteiger partial charge in [0.15, 0.2) is 5.78 Å². The van der Waals surface area contributed by atoms with Crippen LogP contribution in [0.25, 0.3) is 10.1 Å². The number of thiophene rings is 1. The van der Waals surface area contributed by atoms with Gasteiger partial charge in [-0.2, -0.15) is 0 Å². The topological polar surface area (TPSA) is 46.6 Å². The fourth-order valence-electron chi connectivity index (χ4n) is 3.04. The number of ether oxygens (including phenoxy) is 1. The summed E-state index contributed by atoms with van der Waals surface area (Å²) in [5, 5.41) is 3.01. The number of amides is 1. The average molecular weight is 345 g/mol. The molecule has 5 heteroatoms. The highest BCUT2D eigenvalue weighted by atomic mass is 32.1. The van der Waals surface area contributed by atoms with Gasteiger partial charge in [-0.25, -0.2) is 4.79 Å². The zero-order valence-electron chi connectivity index (χ0n) is 14.4. The lowest BCUT2D eigenvalue weighted by Gasteiger charge is -2.32. The van der Waals surface area contributed by atoms with E-state index in [2.05, 4.69) is 0 Å². The normalized spacial score (nSPS) is 16.4. The van der Waals surface area contributed by atoms with Crippen LogP contribution in [0, 0.1) is 5.92 Å². The second-order valence-corrected chi connectivity index (χ2v) is 8.16. The summed E-state index contributed by atoms with van der Waals surface area (Å²) in [5.74, 6) is 0.193. The summed E-state index contributed by atoms with van der Waals surface area (Å²) >= 11 is 1.61. The molecule has 128 valence electrons. The zero-order valence-corrected chi connectivity index (χ0v) is 15.2. The summed E-state index contributed by atoms with van der Waals surface area (Å²) in [6.07, 6.45) is 1.11. The summed E-state index contributed by atoms with van der Waals surface area (Å²) in [6.45, 7) is 6.75. The summed E-state index contributed by atoms with van der Waals surface area (Å²) in [4.78, 5) is 26.7. The van der Waals surface area contributed by atoms with Crippen LogP contribution in [0.15, 0.2) is 29.6 Å². The van der Waals surface area contributed by atoms with Gasteiger partial charge in [0, 0.05) is 40.0 Å². The van der Waals surface area contributed by atoms with E-state index in [1.54, 1.807) is 16.2 Å². The molecule has 1 saturated heterocycles. The van der Waals surface area contributed by atoms with Crippen molar-refractivity contribution < 1.29 is 14.3 Å². The fraction of sp³-hybridized carbons (Fsp3) is 0.474. The van der Waals surface area contributed by atoms with E-state index < -0.39 is 5.60 Å². The smallest absolute Gasteiger partial charge is 0.410 e. The third kappa shape index (κ3) is 3.61. The first-order valence-corrected chi connectivity index (χ1v) is 9.21. The number of Topliss-reactive ketones (excluding diaryl/α,β-unsaturated/α-hetero) is 1. The maximum atomic E-state index is 12.9. The quantitative estimate of drug-likeness (QED) is 0.739. The molecule has 0 radical (unpaired) electrons. The molecule has 0 atom stereocenters. The van der Waals surface area contributed by atoms with Crippen LogP contribution < -0.4 is 0 Å². The molecule has 2 heterocycles. The lowest BCUT2D eigenvalue weighted by Crippen LogP contribution is -2.42. The Labute approximate surface area is 146 Å². The van der Waals surface area contributed by atoms with Crippen LogP contribution in [-0.4, -0.2) is 35.5 Å². The Morgan fingerprint density at radius 1 is 1.17 bits per heavy atom. The van der Waals surface area contributed by atoms with E-state index in [-0.39, 0.29) is 17.8 Å². The van der Waals surface area contributed by atoms with Crippen molar-refractivity contribution in [2.75, 3.05) is 13.1 Å². The second-order valence-electron chi connectivity index (χ2n) is 7.25. The monoisotopic (exact) mass is 345 g/mol. The van der Waals surface area contributed by atoms with Gasteiger partial charge in [-0.1, -0.05) is 18.2 Å². The van der Waals surface area contributed by atoms with E-state index in [4.69, 9.17) is 4.74 Å². The van der Waals surface area contributed by atoms with E-state index in [0.717, 1.165) is 15.6 Å². The number of hydrogen-bond donors (Lipinski definition) is 0. The van der Waals surface area contributed by atoms with Crippen LogP contribution in [0.2, 0.25) is 0 Å². The number of nitrogens with zero attached hydrogens (tertiary/aromatic N) is 1. The minimum atomic E-state index is -0.487. The molecule has 24 heavy (non-hydrogen) atoms. The van der Waals surface area contributed by atoms with Gasteiger partial charge in [0.2, 0.25) is 0 Å². The number of ketones is 1. The molecule has 0 N–H and O–H groups in total. The van der Waals surface area contributed by atoms with E-state index >= 15 is 0 Å². The molecule has 0 bridgehead atoms. The third-order valence-corrected chi connectivity index (χ3v) is 5.23. The SMILES string of the molecule is CC(C)(C)OC(=O)N1CCC(C(=O)c2csc3ccccc23)CC1. The second kappa shape index (κ2) is 6.55. The van der Waals surface area contributed by atoms with Crippen molar-refractivity contribution in [3.63, 3.8) is 0 Å². The molecule has 1 aliphatic heterocycles. The molecule has 1 amide bonds. The van der Waals surface area contributed by atoms with Crippen molar-refractivity contribution >= 4 is 33.3 Å². The highest BCUT2D eigenvalue weighted by molar-refractivity contribution is 7.17. The van der Waals surface area contributed by atoms with Gasteiger partial charge in [-0.3, -0.25) is 4.79 Å². The van der Waals surface area contributed by atoms with Crippen LogP contribution in [0.4, 0.5) is 4.79 Å². The molecule has 1 aliphatic rings.